The van der Waals surface area contributed by atoms with Crippen LogP contribution < -0.4 is 5.32 Å². The van der Waals surface area contributed by atoms with Crippen LogP contribution >= 0.6 is 27.7 Å². The lowest BCUT2D eigenvalue weighted by Crippen LogP contribution is -2.25. The number of nitrogens with one attached hydrogen (secondary N) is 1. The van der Waals surface area contributed by atoms with Gasteiger partial charge < -0.3 is 5.32 Å². The SMILES string of the molecule is CCCNC(CSc1ccccc1)c1cc(Br)ccc1F. The summed E-state index contributed by atoms with van der Waals surface area (Å²) in [4.78, 5) is 1.20. The van der Waals surface area contributed by atoms with E-state index in [1.807, 2.05) is 24.3 Å². The van der Waals surface area contributed by atoms with Crippen molar-refractivity contribution in [3.05, 3.63) is 64.4 Å². The predicted molar refractivity (Wildman–Crippen MR) is 92.3 cm³/mol. The van der Waals surface area contributed by atoms with Crippen molar-refractivity contribution in [2.24, 2.45) is 0 Å². The molecule has 0 aliphatic carbocycles. The van der Waals surface area contributed by atoms with Crippen molar-refractivity contribution in [3.63, 3.8) is 0 Å². The molecule has 4 heteroatoms. The number of thioether (sulfide) groups is 1. The first-order chi connectivity index (χ1) is 10.2. The number of hydrogen-bond donors (Lipinski definition) is 1. The van der Waals surface area contributed by atoms with Crippen molar-refractivity contribution < 1.29 is 4.39 Å². The summed E-state index contributed by atoms with van der Waals surface area (Å²) in [6.45, 7) is 3.00. The number of hydrogen-bond acceptors (Lipinski definition) is 2. The third kappa shape index (κ3) is 5.13. The molecule has 0 radical (unpaired) electrons. The van der Waals surface area contributed by atoms with E-state index in [1.165, 1.54) is 11.0 Å². The maximum absolute atomic E-state index is 14.1. The van der Waals surface area contributed by atoms with Gasteiger partial charge in [0.25, 0.3) is 0 Å². The van der Waals surface area contributed by atoms with Gasteiger partial charge in [-0.25, -0.2) is 4.39 Å². The largest absolute Gasteiger partial charge is 0.309 e. The summed E-state index contributed by atoms with van der Waals surface area (Å²) in [5, 5.41) is 3.44. The fraction of sp³-hybridized carbons (Fsp3) is 0.294. The van der Waals surface area contributed by atoms with E-state index in [0.29, 0.717) is 0 Å². The highest BCUT2D eigenvalue weighted by Gasteiger charge is 2.16. The number of rotatable bonds is 7. The smallest absolute Gasteiger partial charge is 0.128 e. The van der Waals surface area contributed by atoms with E-state index in [4.69, 9.17) is 0 Å². The van der Waals surface area contributed by atoms with E-state index in [0.717, 1.165) is 28.8 Å². The van der Waals surface area contributed by atoms with Gasteiger partial charge in [-0.15, -0.1) is 11.8 Å². The molecule has 1 nitrogen and oxygen atoms in total. The maximum atomic E-state index is 14.1. The minimum absolute atomic E-state index is 0.00709. The molecule has 0 saturated heterocycles. The van der Waals surface area contributed by atoms with Crippen LogP contribution in [0, 0.1) is 5.82 Å². The van der Waals surface area contributed by atoms with Gasteiger partial charge in [0.15, 0.2) is 0 Å². The van der Waals surface area contributed by atoms with Gasteiger partial charge in [0.1, 0.15) is 5.82 Å². The van der Waals surface area contributed by atoms with Crippen LogP contribution in [0.3, 0.4) is 0 Å². The molecule has 2 rings (SSSR count). The Morgan fingerprint density at radius 1 is 1.19 bits per heavy atom. The highest BCUT2D eigenvalue weighted by Crippen LogP contribution is 2.28. The van der Waals surface area contributed by atoms with Crippen molar-refractivity contribution in [1.82, 2.24) is 5.32 Å². The lowest BCUT2D eigenvalue weighted by atomic mass is 10.1. The molecule has 1 N–H and O–H groups in total. The Morgan fingerprint density at radius 3 is 2.67 bits per heavy atom. The fourth-order valence-corrected chi connectivity index (χ4v) is 3.44. The van der Waals surface area contributed by atoms with E-state index >= 15 is 0 Å². The Labute approximate surface area is 138 Å². The highest BCUT2D eigenvalue weighted by atomic mass is 79.9. The molecule has 2 aromatic carbocycles. The minimum Gasteiger partial charge on any atom is -0.309 e. The molecule has 0 spiro atoms. The number of benzene rings is 2. The Morgan fingerprint density at radius 2 is 1.95 bits per heavy atom. The van der Waals surface area contributed by atoms with Crippen molar-refractivity contribution in [3.8, 4) is 0 Å². The van der Waals surface area contributed by atoms with Crippen LogP contribution in [0.5, 0.6) is 0 Å². The lowest BCUT2D eigenvalue weighted by Gasteiger charge is -2.19. The average molecular weight is 368 g/mol. The average Bonchev–Trinajstić information content (AvgIpc) is 2.51. The quantitative estimate of drug-likeness (QED) is 0.655. The summed E-state index contributed by atoms with van der Waals surface area (Å²) in [5.74, 6) is 0.651. The third-order valence-corrected chi connectivity index (χ3v) is 4.73. The molecule has 1 unspecified atom stereocenters. The molecule has 21 heavy (non-hydrogen) atoms. The second-order valence-corrected chi connectivity index (χ2v) is 6.81. The summed E-state index contributed by atoms with van der Waals surface area (Å²) in [6.07, 6.45) is 1.03. The van der Waals surface area contributed by atoms with E-state index in [1.54, 1.807) is 17.8 Å². The van der Waals surface area contributed by atoms with Gasteiger partial charge in [0, 0.05) is 26.7 Å². The molecule has 0 bridgehead atoms. The van der Waals surface area contributed by atoms with Crippen LogP contribution in [0.2, 0.25) is 0 Å². The Bertz CT molecular complexity index is 562. The van der Waals surface area contributed by atoms with Crippen molar-refractivity contribution in [1.29, 1.82) is 0 Å². The summed E-state index contributed by atoms with van der Waals surface area (Å²) >= 11 is 5.17. The van der Waals surface area contributed by atoms with E-state index < -0.39 is 0 Å². The van der Waals surface area contributed by atoms with Crippen LogP contribution in [-0.4, -0.2) is 12.3 Å². The second-order valence-electron chi connectivity index (χ2n) is 4.80. The van der Waals surface area contributed by atoms with Gasteiger partial charge in [0.05, 0.1) is 0 Å². The molecule has 0 aliphatic heterocycles. The zero-order chi connectivity index (χ0) is 15.1. The molecule has 0 aromatic heterocycles. The van der Waals surface area contributed by atoms with Gasteiger partial charge in [-0.05, 0) is 43.3 Å². The third-order valence-electron chi connectivity index (χ3n) is 3.13. The van der Waals surface area contributed by atoms with Crippen molar-refractivity contribution in [2.75, 3.05) is 12.3 Å². The van der Waals surface area contributed by atoms with E-state index in [2.05, 4.69) is 40.3 Å². The molecular weight excluding hydrogens is 349 g/mol. The zero-order valence-electron chi connectivity index (χ0n) is 12.0. The Balaban J connectivity index is 2.12. The summed E-state index contributed by atoms with van der Waals surface area (Å²) < 4.78 is 15.0. The molecule has 1 atom stereocenters. The van der Waals surface area contributed by atoms with Crippen LogP contribution in [0.25, 0.3) is 0 Å². The molecule has 112 valence electrons. The number of halogens is 2. The van der Waals surface area contributed by atoms with Crippen LogP contribution in [0.15, 0.2) is 57.9 Å². The maximum Gasteiger partial charge on any atom is 0.128 e. The van der Waals surface area contributed by atoms with Gasteiger partial charge in [-0.1, -0.05) is 41.1 Å². The summed E-state index contributed by atoms with van der Waals surface area (Å²) in [7, 11) is 0. The van der Waals surface area contributed by atoms with Crippen molar-refractivity contribution >= 4 is 27.7 Å². The normalized spacial score (nSPS) is 12.3. The molecule has 0 heterocycles. The van der Waals surface area contributed by atoms with Gasteiger partial charge >= 0.3 is 0 Å². The zero-order valence-corrected chi connectivity index (χ0v) is 14.4. The van der Waals surface area contributed by atoms with Crippen LogP contribution in [0.4, 0.5) is 4.39 Å². The molecule has 0 amide bonds. The van der Waals surface area contributed by atoms with Gasteiger partial charge in [0.2, 0.25) is 0 Å². The molecule has 0 fully saturated rings. The fourth-order valence-electron chi connectivity index (χ4n) is 2.06. The minimum atomic E-state index is -0.152. The van der Waals surface area contributed by atoms with Crippen LogP contribution in [0.1, 0.15) is 24.9 Å². The predicted octanol–water partition coefficient (Wildman–Crippen LogP) is 5.42. The molecular formula is C17H19BrFNS. The second kappa shape index (κ2) is 8.57. The van der Waals surface area contributed by atoms with E-state index in [-0.39, 0.29) is 11.9 Å². The Kier molecular flexibility index (Phi) is 6.74. The first kappa shape index (κ1) is 16.5. The van der Waals surface area contributed by atoms with E-state index in [9.17, 15) is 4.39 Å². The van der Waals surface area contributed by atoms with Crippen molar-refractivity contribution in [2.45, 2.75) is 24.3 Å². The van der Waals surface area contributed by atoms with Gasteiger partial charge in [-0.2, -0.15) is 0 Å². The summed E-state index contributed by atoms with van der Waals surface area (Å²) in [5.41, 5.74) is 0.723. The molecule has 0 aliphatic rings. The van der Waals surface area contributed by atoms with Crippen LogP contribution in [-0.2, 0) is 0 Å². The molecule has 0 saturated carbocycles. The molecule has 2 aromatic rings. The topological polar surface area (TPSA) is 12.0 Å². The van der Waals surface area contributed by atoms with Gasteiger partial charge in [-0.3, -0.25) is 0 Å². The first-order valence-corrected chi connectivity index (χ1v) is 8.84. The Hall–Kier alpha value is -0.840. The monoisotopic (exact) mass is 367 g/mol. The lowest BCUT2D eigenvalue weighted by molar-refractivity contribution is 0.532. The standard InChI is InChI=1S/C17H19BrFNS/c1-2-10-20-17(12-21-14-6-4-3-5-7-14)15-11-13(18)8-9-16(15)19/h3-9,11,17,20H,2,10,12H2,1H3. The highest BCUT2D eigenvalue weighted by molar-refractivity contribution is 9.10. The summed E-state index contributed by atoms with van der Waals surface area (Å²) in [6, 6.07) is 15.4. The first-order valence-electron chi connectivity index (χ1n) is 7.07.